The van der Waals surface area contributed by atoms with Crippen LogP contribution < -0.4 is 5.73 Å². The van der Waals surface area contributed by atoms with E-state index in [1.54, 1.807) is 0 Å². The van der Waals surface area contributed by atoms with E-state index in [4.69, 9.17) is 15.9 Å². The summed E-state index contributed by atoms with van der Waals surface area (Å²) in [5, 5.41) is 17.7. The Labute approximate surface area is 73.6 Å². The van der Waals surface area contributed by atoms with Gasteiger partial charge in [-0.25, -0.2) is 0 Å². The van der Waals surface area contributed by atoms with Crippen LogP contribution in [0, 0.1) is 5.41 Å². The van der Waals surface area contributed by atoms with E-state index in [0.717, 1.165) is 6.42 Å². The second-order valence-electron chi connectivity index (χ2n) is 4.30. The van der Waals surface area contributed by atoms with Crippen molar-refractivity contribution in [1.29, 1.82) is 0 Å². The van der Waals surface area contributed by atoms with E-state index in [1.165, 1.54) is 25.7 Å². The lowest BCUT2D eigenvalue weighted by molar-refractivity contribution is -0.0666. The summed E-state index contributed by atoms with van der Waals surface area (Å²) in [6.45, 7) is 2.18. The van der Waals surface area contributed by atoms with E-state index in [-0.39, 0.29) is 5.41 Å². The largest absolute Gasteiger partial charge is 0.367 e. The van der Waals surface area contributed by atoms with E-state index in [0.29, 0.717) is 0 Å². The van der Waals surface area contributed by atoms with Gasteiger partial charge in [-0.05, 0) is 24.7 Å². The van der Waals surface area contributed by atoms with Gasteiger partial charge in [0.05, 0.1) is 6.04 Å². The zero-order valence-electron chi connectivity index (χ0n) is 7.66. The van der Waals surface area contributed by atoms with Gasteiger partial charge in [-0.3, -0.25) is 0 Å². The fraction of sp³-hybridized carbons (Fsp3) is 1.00. The Morgan fingerprint density at radius 3 is 2.25 bits per heavy atom. The van der Waals surface area contributed by atoms with Gasteiger partial charge in [-0.15, -0.1) is 0 Å². The third-order valence-corrected chi connectivity index (χ3v) is 2.92. The van der Waals surface area contributed by atoms with Gasteiger partial charge in [0.2, 0.25) is 0 Å². The summed E-state index contributed by atoms with van der Waals surface area (Å²) in [6, 6.07) is -0.479. The third kappa shape index (κ3) is 2.44. The normalized spacial score (nSPS) is 24.8. The molecule has 0 amide bonds. The summed E-state index contributed by atoms with van der Waals surface area (Å²) >= 11 is 0. The molecule has 3 heteroatoms. The van der Waals surface area contributed by atoms with Crippen LogP contribution in [0.25, 0.3) is 0 Å². The zero-order chi connectivity index (χ0) is 9.19. The molecule has 1 atom stereocenters. The molecule has 0 aliphatic heterocycles. The van der Waals surface area contributed by atoms with Crippen molar-refractivity contribution in [2.75, 3.05) is 0 Å². The summed E-state index contributed by atoms with van der Waals surface area (Å²) in [5.41, 5.74) is 5.83. The molecular weight excluding hydrogens is 154 g/mol. The minimum absolute atomic E-state index is 0.253. The smallest absolute Gasteiger partial charge is 0.166 e. The lowest BCUT2D eigenvalue weighted by Crippen LogP contribution is -2.38. The molecule has 1 saturated carbocycles. The van der Waals surface area contributed by atoms with E-state index < -0.39 is 12.3 Å². The lowest BCUT2D eigenvalue weighted by atomic mass is 9.82. The number of aliphatic hydroxyl groups excluding tert-OH is 1. The van der Waals surface area contributed by atoms with Crippen LogP contribution in [0.3, 0.4) is 0 Å². The van der Waals surface area contributed by atoms with Crippen molar-refractivity contribution >= 4 is 0 Å². The Bertz CT molecular complexity index is 141. The van der Waals surface area contributed by atoms with Gasteiger partial charge in [0.15, 0.2) is 6.29 Å². The quantitative estimate of drug-likeness (QED) is 0.547. The van der Waals surface area contributed by atoms with Gasteiger partial charge in [-0.2, -0.15) is 0 Å². The second kappa shape index (κ2) is 3.73. The van der Waals surface area contributed by atoms with Crippen molar-refractivity contribution < 1.29 is 10.2 Å². The maximum atomic E-state index is 8.83. The van der Waals surface area contributed by atoms with Crippen LogP contribution in [0.2, 0.25) is 0 Å². The highest BCUT2D eigenvalue weighted by molar-refractivity contribution is 4.84. The first-order chi connectivity index (χ1) is 5.53. The van der Waals surface area contributed by atoms with Gasteiger partial charge >= 0.3 is 0 Å². The molecule has 0 radical (unpaired) electrons. The van der Waals surface area contributed by atoms with Crippen molar-refractivity contribution in [2.45, 2.75) is 51.4 Å². The van der Waals surface area contributed by atoms with Crippen LogP contribution >= 0.6 is 0 Å². The topological polar surface area (TPSA) is 66.5 Å². The molecule has 0 spiro atoms. The first-order valence-corrected chi connectivity index (χ1v) is 4.65. The molecule has 72 valence electrons. The van der Waals surface area contributed by atoms with Crippen LogP contribution in [0.5, 0.6) is 0 Å². The van der Waals surface area contributed by atoms with E-state index in [1.807, 2.05) is 0 Å². The molecule has 1 aliphatic rings. The summed E-state index contributed by atoms with van der Waals surface area (Å²) < 4.78 is 0. The third-order valence-electron chi connectivity index (χ3n) is 2.92. The number of hydrogen-bond acceptors (Lipinski definition) is 3. The number of rotatable bonds is 3. The molecule has 3 nitrogen and oxygen atoms in total. The molecule has 4 N–H and O–H groups in total. The van der Waals surface area contributed by atoms with E-state index in [9.17, 15) is 0 Å². The average molecular weight is 173 g/mol. The molecule has 1 fully saturated rings. The Hall–Kier alpha value is -0.120. The zero-order valence-corrected chi connectivity index (χ0v) is 7.66. The standard InChI is InChI=1S/C9H19NO2/c1-9(4-2-3-5-9)6-7(10)8(11)12/h7-8,11-12H,2-6,10H2,1H3/t7-/m0/s1. The Kier molecular flexibility index (Phi) is 3.09. The Morgan fingerprint density at radius 2 is 1.83 bits per heavy atom. The highest BCUT2D eigenvalue weighted by Crippen LogP contribution is 2.41. The Morgan fingerprint density at radius 1 is 1.33 bits per heavy atom. The van der Waals surface area contributed by atoms with Gasteiger partial charge in [-0.1, -0.05) is 19.8 Å². The second-order valence-corrected chi connectivity index (χ2v) is 4.30. The SMILES string of the molecule is CC1(C[C@H](N)C(O)O)CCCC1. The maximum Gasteiger partial charge on any atom is 0.166 e. The van der Waals surface area contributed by atoms with Crippen LogP contribution in [-0.2, 0) is 0 Å². The van der Waals surface area contributed by atoms with E-state index in [2.05, 4.69) is 6.92 Å². The van der Waals surface area contributed by atoms with Gasteiger partial charge in [0, 0.05) is 0 Å². The fourth-order valence-corrected chi connectivity index (χ4v) is 2.11. The number of hydrogen-bond donors (Lipinski definition) is 3. The van der Waals surface area contributed by atoms with Gasteiger partial charge in [0.25, 0.3) is 0 Å². The highest BCUT2D eigenvalue weighted by Gasteiger charge is 2.31. The summed E-state index contributed by atoms with van der Waals surface area (Å²) in [6.07, 6.45) is 4.23. The maximum absolute atomic E-state index is 8.83. The van der Waals surface area contributed by atoms with Crippen molar-refractivity contribution in [3.63, 3.8) is 0 Å². The van der Waals surface area contributed by atoms with Crippen LogP contribution in [0.1, 0.15) is 39.0 Å². The monoisotopic (exact) mass is 173 g/mol. The van der Waals surface area contributed by atoms with Crippen LogP contribution in [0.15, 0.2) is 0 Å². The molecule has 0 aromatic rings. The predicted octanol–water partition coefficient (Wildman–Crippen LogP) is 0.595. The molecule has 0 aromatic carbocycles. The molecule has 0 heterocycles. The molecule has 1 rings (SSSR count). The highest BCUT2D eigenvalue weighted by atomic mass is 16.5. The first-order valence-electron chi connectivity index (χ1n) is 4.65. The molecule has 1 aliphatic carbocycles. The summed E-state index contributed by atoms with van der Waals surface area (Å²) in [4.78, 5) is 0. The summed E-state index contributed by atoms with van der Waals surface area (Å²) in [5.74, 6) is 0. The lowest BCUT2D eigenvalue weighted by Gasteiger charge is -2.27. The molecule has 12 heavy (non-hydrogen) atoms. The van der Waals surface area contributed by atoms with Crippen molar-refractivity contribution in [3.8, 4) is 0 Å². The van der Waals surface area contributed by atoms with Crippen molar-refractivity contribution in [3.05, 3.63) is 0 Å². The van der Waals surface area contributed by atoms with Crippen LogP contribution in [0.4, 0.5) is 0 Å². The molecule has 0 saturated heterocycles. The molecule has 0 unspecified atom stereocenters. The fourth-order valence-electron chi connectivity index (χ4n) is 2.11. The number of aliphatic hydroxyl groups is 2. The average Bonchev–Trinajstić information content (AvgIpc) is 2.35. The van der Waals surface area contributed by atoms with Crippen molar-refractivity contribution in [1.82, 2.24) is 0 Å². The number of nitrogens with two attached hydrogens (primary N) is 1. The van der Waals surface area contributed by atoms with Gasteiger partial charge in [0.1, 0.15) is 0 Å². The predicted molar refractivity (Wildman–Crippen MR) is 47.4 cm³/mol. The van der Waals surface area contributed by atoms with Crippen molar-refractivity contribution in [2.24, 2.45) is 11.1 Å². The van der Waals surface area contributed by atoms with Crippen LogP contribution in [-0.4, -0.2) is 22.5 Å². The molecule has 0 aromatic heterocycles. The summed E-state index contributed by atoms with van der Waals surface area (Å²) in [7, 11) is 0. The minimum Gasteiger partial charge on any atom is -0.367 e. The molecular formula is C9H19NO2. The van der Waals surface area contributed by atoms with E-state index >= 15 is 0 Å². The minimum atomic E-state index is -1.36. The van der Waals surface area contributed by atoms with Gasteiger partial charge < -0.3 is 15.9 Å². The first kappa shape index (κ1) is 9.96. The Balaban J connectivity index is 2.38. The molecule has 0 bridgehead atoms.